The quantitative estimate of drug-likeness (QED) is 0.362. The SMILES string of the molecule is Cc1nc2c(OCc3c(F)cccc3F)cccn2c1-c1cnn(Cc2ccccc2)c1. The van der Waals surface area contributed by atoms with Gasteiger partial charge < -0.3 is 4.74 Å². The predicted octanol–water partition coefficient (Wildman–Crippen LogP) is 5.41. The summed E-state index contributed by atoms with van der Waals surface area (Å²) in [5, 5.41) is 4.49. The molecule has 0 saturated heterocycles. The third kappa shape index (κ3) is 3.73. The van der Waals surface area contributed by atoms with Gasteiger partial charge in [-0.25, -0.2) is 13.8 Å². The number of pyridine rings is 1. The molecule has 2 aromatic carbocycles. The molecular weight excluding hydrogens is 410 g/mol. The molecule has 7 heteroatoms. The van der Waals surface area contributed by atoms with Crippen molar-refractivity contribution in [1.82, 2.24) is 19.2 Å². The molecular formula is C25H20F2N4O. The molecule has 5 rings (SSSR count). The lowest BCUT2D eigenvalue weighted by Crippen LogP contribution is -2.03. The summed E-state index contributed by atoms with van der Waals surface area (Å²) in [6.07, 6.45) is 5.67. The van der Waals surface area contributed by atoms with Crippen LogP contribution in [0.5, 0.6) is 5.75 Å². The maximum absolute atomic E-state index is 14.0. The van der Waals surface area contributed by atoms with Gasteiger partial charge in [0.1, 0.15) is 18.2 Å². The van der Waals surface area contributed by atoms with Crippen molar-refractivity contribution in [2.45, 2.75) is 20.1 Å². The monoisotopic (exact) mass is 430 g/mol. The Labute approximate surface area is 183 Å². The van der Waals surface area contributed by atoms with Gasteiger partial charge in [-0.3, -0.25) is 9.08 Å². The molecule has 0 saturated carbocycles. The molecule has 0 aliphatic heterocycles. The molecule has 5 nitrogen and oxygen atoms in total. The standard InChI is InChI=1S/C25H20F2N4O/c1-17-24(19-13-28-30(15-19)14-18-7-3-2-4-8-18)31-12-6-11-23(25(31)29-17)32-16-20-21(26)9-5-10-22(20)27/h2-13,15H,14,16H2,1H3. The topological polar surface area (TPSA) is 44.4 Å². The van der Waals surface area contributed by atoms with Crippen LogP contribution in [0.2, 0.25) is 0 Å². The first-order valence-corrected chi connectivity index (χ1v) is 10.2. The highest BCUT2D eigenvalue weighted by Crippen LogP contribution is 2.29. The third-order valence-corrected chi connectivity index (χ3v) is 5.32. The average Bonchev–Trinajstić information content (AvgIpc) is 3.37. The highest BCUT2D eigenvalue weighted by atomic mass is 19.1. The normalized spacial score (nSPS) is 11.2. The Balaban J connectivity index is 1.45. The van der Waals surface area contributed by atoms with Crippen LogP contribution in [0.3, 0.4) is 0 Å². The predicted molar refractivity (Wildman–Crippen MR) is 117 cm³/mol. The fourth-order valence-electron chi connectivity index (χ4n) is 3.78. The number of aryl methyl sites for hydroxylation is 1. The van der Waals surface area contributed by atoms with Crippen LogP contribution in [-0.4, -0.2) is 19.2 Å². The molecule has 160 valence electrons. The molecule has 0 spiro atoms. The second-order valence-corrected chi connectivity index (χ2v) is 7.51. The summed E-state index contributed by atoms with van der Waals surface area (Å²) in [7, 11) is 0. The van der Waals surface area contributed by atoms with Gasteiger partial charge in [-0.15, -0.1) is 0 Å². The fourth-order valence-corrected chi connectivity index (χ4v) is 3.78. The van der Waals surface area contributed by atoms with Gasteiger partial charge >= 0.3 is 0 Å². The molecule has 0 fully saturated rings. The van der Waals surface area contributed by atoms with Crippen molar-refractivity contribution in [2.75, 3.05) is 0 Å². The Morgan fingerprint density at radius 1 is 0.938 bits per heavy atom. The maximum Gasteiger partial charge on any atom is 0.180 e. The molecule has 0 aliphatic carbocycles. The number of benzene rings is 2. The van der Waals surface area contributed by atoms with E-state index < -0.39 is 11.6 Å². The zero-order valence-electron chi connectivity index (χ0n) is 17.4. The molecule has 0 radical (unpaired) electrons. The van der Waals surface area contributed by atoms with E-state index in [2.05, 4.69) is 22.2 Å². The summed E-state index contributed by atoms with van der Waals surface area (Å²) in [6, 6.07) is 17.4. The van der Waals surface area contributed by atoms with Gasteiger partial charge in [-0.1, -0.05) is 36.4 Å². The van der Waals surface area contributed by atoms with Gasteiger partial charge in [0.15, 0.2) is 11.4 Å². The smallest absolute Gasteiger partial charge is 0.180 e. The number of rotatable bonds is 6. The van der Waals surface area contributed by atoms with Crippen molar-refractivity contribution in [1.29, 1.82) is 0 Å². The molecule has 3 heterocycles. The van der Waals surface area contributed by atoms with Crippen molar-refractivity contribution < 1.29 is 13.5 Å². The molecule has 0 atom stereocenters. The third-order valence-electron chi connectivity index (χ3n) is 5.32. The first kappa shape index (κ1) is 19.9. The van der Waals surface area contributed by atoms with Gasteiger partial charge in [0.2, 0.25) is 0 Å². The van der Waals surface area contributed by atoms with Gasteiger partial charge in [0.05, 0.1) is 29.7 Å². The molecule has 0 unspecified atom stereocenters. The zero-order chi connectivity index (χ0) is 22.1. The van der Waals surface area contributed by atoms with Crippen LogP contribution in [0.25, 0.3) is 16.9 Å². The fraction of sp³-hybridized carbons (Fsp3) is 0.120. The Kier molecular flexibility index (Phi) is 5.15. The number of aromatic nitrogens is 4. The summed E-state index contributed by atoms with van der Waals surface area (Å²) in [5.74, 6) is -0.827. The minimum atomic E-state index is -0.636. The molecule has 0 amide bonds. The summed E-state index contributed by atoms with van der Waals surface area (Å²) in [4.78, 5) is 4.65. The largest absolute Gasteiger partial charge is 0.485 e. The van der Waals surface area contributed by atoms with Crippen molar-refractivity contribution in [2.24, 2.45) is 0 Å². The van der Waals surface area contributed by atoms with Crippen molar-refractivity contribution in [3.05, 3.63) is 108 Å². The molecule has 0 bridgehead atoms. The number of hydrogen-bond acceptors (Lipinski definition) is 3. The van der Waals surface area contributed by atoms with Crippen molar-refractivity contribution in [3.63, 3.8) is 0 Å². The second kappa shape index (κ2) is 8.26. The van der Waals surface area contributed by atoms with Crippen LogP contribution in [0, 0.1) is 18.6 Å². The van der Waals surface area contributed by atoms with Crippen LogP contribution in [-0.2, 0) is 13.2 Å². The summed E-state index contributed by atoms with van der Waals surface area (Å²) in [5.41, 5.74) is 4.24. The highest BCUT2D eigenvalue weighted by molar-refractivity contribution is 5.69. The van der Waals surface area contributed by atoms with Crippen molar-refractivity contribution in [3.8, 4) is 17.0 Å². The average molecular weight is 430 g/mol. The van der Waals surface area contributed by atoms with E-state index in [-0.39, 0.29) is 12.2 Å². The Morgan fingerprint density at radius 2 is 1.72 bits per heavy atom. The van der Waals surface area contributed by atoms with Gasteiger partial charge in [0, 0.05) is 18.0 Å². The summed E-state index contributed by atoms with van der Waals surface area (Å²) in [6.45, 7) is 2.35. The van der Waals surface area contributed by atoms with E-state index in [1.54, 1.807) is 6.07 Å². The number of hydrogen-bond donors (Lipinski definition) is 0. The van der Waals surface area contributed by atoms with Crippen LogP contribution in [0.15, 0.2) is 79.3 Å². The number of fused-ring (bicyclic) bond motifs is 1. The van der Waals surface area contributed by atoms with E-state index >= 15 is 0 Å². The minimum absolute atomic E-state index is 0.111. The first-order valence-electron chi connectivity index (χ1n) is 10.2. The number of halogens is 2. The van der Waals surface area contributed by atoms with Crippen molar-refractivity contribution >= 4 is 5.65 Å². The molecule has 3 aromatic heterocycles. The summed E-state index contributed by atoms with van der Waals surface area (Å²) >= 11 is 0. The van der Waals surface area contributed by atoms with Gasteiger partial charge in [-0.2, -0.15) is 5.10 Å². The Bertz CT molecular complexity index is 1370. The molecule has 32 heavy (non-hydrogen) atoms. The Hall–Kier alpha value is -4.00. The number of imidazole rings is 1. The first-order chi connectivity index (χ1) is 15.6. The van der Waals surface area contributed by atoms with Crippen LogP contribution in [0.1, 0.15) is 16.8 Å². The second-order valence-electron chi connectivity index (χ2n) is 7.51. The van der Waals surface area contributed by atoms with E-state index in [4.69, 9.17) is 4.74 Å². The maximum atomic E-state index is 14.0. The van der Waals surface area contributed by atoms with Crippen LogP contribution >= 0.6 is 0 Å². The van der Waals surface area contributed by atoms with E-state index in [9.17, 15) is 8.78 Å². The summed E-state index contributed by atoms with van der Waals surface area (Å²) < 4.78 is 37.5. The molecule has 0 N–H and O–H groups in total. The molecule has 5 aromatic rings. The highest BCUT2D eigenvalue weighted by Gasteiger charge is 2.17. The lowest BCUT2D eigenvalue weighted by molar-refractivity contribution is 0.294. The Morgan fingerprint density at radius 3 is 2.50 bits per heavy atom. The minimum Gasteiger partial charge on any atom is -0.485 e. The zero-order valence-corrected chi connectivity index (χ0v) is 17.4. The van der Waals surface area contributed by atoms with Crippen LogP contribution < -0.4 is 4.74 Å². The van der Waals surface area contributed by atoms with Gasteiger partial charge in [-0.05, 0) is 36.8 Å². The lowest BCUT2D eigenvalue weighted by Gasteiger charge is -2.09. The number of nitrogens with zero attached hydrogens (tertiary/aromatic N) is 4. The van der Waals surface area contributed by atoms with E-state index in [1.807, 2.05) is 58.9 Å². The van der Waals surface area contributed by atoms with Crippen LogP contribution in [0.4, 0.5) is 8.78 Å². The van der Waals surface area contributed by atoms with E-state index in [1.165, 1.54) is 18.2 Å². The molecule has 0 aliphatic rings. The number of ether oxygens (including phenoxy) is 1. The van der Waals surface area contributed by atoms with E-state index in [0.29, 0.717) is 17.9 Å². The lowest BCUT2D eigenvalue weighted by atomic mass is 10.2. The van der Waals surface area contributed by atoms with E-state index in [0.717, 1.165) is 22.5 Å². The van der Waals surface area contributed by atoms with Gasteiger partial charge in [0.25, 0.3) is 0 Å².